The van der Waals surface area contributed by atoms with Crippen LogP contribution in [0.25, 0.3) is 0 Å². The number of allylic oxidation sites excluding steroid dienone is 3. The quantitative estimate of drug-likeness (QED) is 0.0456. The van der Waals surface area contributed by atoms with Crippen LogP contribution in [0.3, 0.4) is 0 Å². The lowest BCUT2D eigenvalue weighted by atomic mass is 9.73. The Morgan fingerprint density at radius 3 is 2.30 bits per heavy atom. The van der Waals surface area contributed by atoms with Crippen LogP contribution in [0.1, 0.15) is 135 Å². The van der Waals surface area contributed by atoms with Crippen LogP contribution in [0, 0.1) is 5.92 Å². The smallest absolute Gasteiger partial charge is 0.473 e. The first-order chi connectivity index (χ1) is 20.0. The number of rotatable bonds is 19. The number of phosphoric acid groups is 1. The number of carbonyl (C=O) groups excluding carboxylic acids is 1. The summed E-state index contributed by atoms with van der Waals surface area (Å²) in [5.74, 6) is -0.474. The number of aryl methyl sites for hydroxylation is 1. The van der Waals surface area contributed by atoms with Crippen LogP contribution in [-0.2, 0) is 24.8 Å². The van der Waals surface area contributed by atoms with Crippen molar-refractivity contribution >= 4 is 13.8 Å². The summed E-state index contributed by atoms with van der Waals surface area (Å²) in [7, 11) is -4.45. The number of aromatic hydroxyl groups is 1. The monoisotopic (exact) mass is 621 g/mol. The van der Waals surface area contributed by atoms with Crippen molar-refractivity contribution in [2.75, 3.05) is 6.61 Å². The molecule has 5 N–H and O–H groups in total. The number of benzene rings is 1. The third-order valence-electron chi connectivity index (χ3n) is 8.53. The average molecular weight is 622 g/mol. The fraction of sp³-hybridized carbons (Fsp3) is 0.676. The molecular weight excluding hydrogens is 565 g/mol. The van der Waals surface area contributed by atoms with Gasteiger partial charge in [0.15, 0.2) is 5.60 Å². The van der Waals surface area contributed by atoms with Crippen molar-refractivity contribution in [1.82, 2.24) is 6.15 Å². The first-order valence-corrected chi connectivity index (χ1v) is 17.6. The molecule has 0 saturated heterocycles. The Hall–Kier alpha value is -1.96. The predicted molar refractivity (Wildman–Crippen MR) is 173 cm³/mol. The maximum Gasteiger partial charge on any atom is 0.473 e. The van der Waals surface area contributed by atoms with E-state index in [0.717, 1.165) is 68.9 Å². The van der Waals surface area contributed by atoms with Crippen molar-refractivity contribution in [3.63, 3.8) is 0 Å². The van der Waals surface area contributed by atoms with Gasteiger partial charge in [-0.1, -0.05) is 89.0 Å². The molecule has 0 aromatic heterocycles. The second-order valence-electron chi connectivity index (χ2n) is 12.4. The lowest BCUT2D eigenvalue weighted by molar-refractivity contribution is -0.145. The molecule has 0 heterocycles. The molecule has 1 unspecified atom stereocenters. The Morgan fingerprint density at radius 1 is 1.05 bits per heavy atom. The number of esters is 1. The number of phenols is 1. The van der Waals surface area contributed by atoms with Crippen molar-refractivity contribution in [2.45, 2.75) is 136 Å². The van der Waals surface area contributed by atoms with Gasteiger partial charge in [-0.3, -0.25) is 9.05 Å². The van der Waals surface area contributed by atoms with Gasteiger partial charge in [-0.05, 0) is 82.4 Å². The van der Waals surface area contributed by atoms with Crippen molar-refractivity contribution in [3.8, 4) is 11.5 Å². The SMILES string of the molecule is C=C(C)[C@@H]1CCC(C)=C[C@H]1c1c(O)cc(CCCCC)cc1OC(=O)C1(OP(=O)(O)OCCCCCCCCC)CC1.N. The van der Waals surface area contributed by atoms with Crippen LogP contribution < -0.4 is 10.9 Å². The third kappa shape index (κ3) is 11.2. The summed E-state index contributed by atoms with van der Waals surface area (Å²) < 4.78 is 29.4. The standard InChI is InChI=1S/C34H53O7P.H3N/c1-6-8-10-11-12-13-15-21-39-42(37,38)41-34(19-20-34)33(36)40-31-24-27(16-14-9-7-2)23-30(35)32(31)29-22-26(5)17-18-28(29)25(3)4;/h22-24,28-29,35H,3,6-21H2,1-2,4-5H3,(H,37,38);1H3/t28-,29+;/m0./s1. The van der Waals surface area contributed by atoms with E-state index < -0.39 is 19.4 Å². The van der Waals surface area contributed by atoms with Gasteiger partial charge in [0.1, 0.15) is 11.5 Å². The fourth-order valence-corrected chi connectivity index (χ4v) is 6.95. The molecule has 1 fully saturated rings. The molecule has 1 aromatic rings. The number of hydrogen-bond acceptors (Lipinski definition) is 7. The summed E-state index contributed by atoms with van der Waals surface area (Å²) >= 11 is 0. The van der Waals surface area contributed by atoms with Gasteiger partial charge in [-0.15, -0.1) is 0 Å². The molecule has 244 valence electrons. The van der Waals surface area contributed by atoms with Crippen molar-refractivity contribution in [1.29, 1.82) is 0 Å². The van der Waals surface area contributed by atoms with Crippen molar-refractivity contribution in [3.05, 3.63) is 47.1 Å². The van der Waals surface area contributed by atoms with E-state index in [2.05, 4.69) is 33.4 Å². The predicted octanol–water partition coefficient (Wildman–Crippen LogP) is 9.63. The fourth-order valence-electron chi connectivity index (χ4n) is 5.84. The first-order valence-electron chi connectivity index (χ1n) is 16.1. The third-order valence-corrected chi connectivity index (χ3v) is 9.62. The minimum Gasteiger partial charge on any atom is -0.507 e. The largest absolute Gasteiger partial charge is 0.507 e. The molecule has 0 aliphatic heterocycles. The van der Waals surface area contributed by atoms with E-state index in [1.807, 2.05) is 13.0 Å². The Balaban J connectivity index is 0.00000645. The molecule has 0 bridgehead atoms. The highest BCUT2D eigenvalue weighted by Gasteiger charge is 2.58. The van der Waals surface area contributed by atoms with Crippen molar-refractivity contribution in [2.24, 2.45) is 5.92 Å². The van der Waals surface area contributed by atoms with E-state index in [1.54, 1.807) is 6.07 Å². The van der Waals surface area contributed by atoms with E-state index in [9.17, 15) is 19.4 Å². The molecule has 3 rings (SSSR count). The summed E-state index contributed by atoms with van der Waals surface area (Å²) in [5.41, 5.74) is 2.12. The Labute approximate surface area is 259 Å². The number of phenolic OH excluding ortho intramolecular Hbond substituents is 1. The normalized spacial score (nSPS) is 20.4. The highest BCUT2D eigenvalue weighted by molar-refractivity contribution is 7.47. The van der Waals surface area contributed by atoms with Gasteiger partial charge in [0.2, 0.25) is 0 Å². The zero-order chi connectivity index (χ0) is 30.8. The van der Waals surface area contributed by atoms with E-state index in [1.165, 1.54) is 24.8 Å². The molecule has 0 radical (unpaired) electrons. The van der Waals surface area contributed by atoms with Crippen LogP contribution in [-0.4, -0.2) is 28.2 Å². The maximum atomic E-state index is 13.5. The molecule has 3 atom stereocenters. The van der Waals surface area contributed by atoms with E-state index in [4.69, 9.17) is 13.8 Å². The minimum absolute atomic E-state index is 0. The van der Waals surface area contributed by atoms with Crippen LogP contribution in [0.15, 0.2) is 35.9 Å². The second-order valence-corrected chi connectivity index (χ2v) is 13.8. The molecule has 43 heavy (non-hydrogen) atoms. The zero-order valence-electron chi connectivity index (χ0n) is 27.0. The summed E-state index contributed by atoms with van der Waals surface area (Å²) in [5, 5.41) is 11.3. The van der Waals surface area contributed by atoms with Crippen LogP contribution in [0.5, 0.6) is 11.5 Å². The molecular formula is C34H56NO7P. The molecule has 8 nitrogen and oxygen atoms in total. The van der Waals surface area contributed by atoms with Gasteiger partial charge in [-0.25, -0.2) is 9.36 Å². The second kappa shape index (κ2) is 17.5. The highest BCUT2D eigenvalue weighted by Crippen LogP contribution is 2.56. The number of ether oxygens (including phenoxy) is 1. The minimum atomic E-state index is -4.45. The molecule has 9 heteroatoms. The number of carbonyl (C=O) groups is 1. The first kappa shape index (κ1) is 37.2. The van der Waals surface area contributed by atoms with Gasteiger partial charge < -0.3 is 20.9 Å². The molecule has 0 spiro atoms. The molecule has 2 aliphatic carbocycles. The Bertz CT molecular complexity index is 1140. The average Bonchev–Trinajstić information content (AvgIpc) is 3.70. The maximum absolute atomic E-state index is 13.5. The Kier molecular flexibility index (Phi) is 15.2. The summed E-state index contributed by atoms with van der Waals surface area (Å²) in [4.78, 5) is 23.9. The molecule has 1 aromatic carbocycles. The van der Waals surface area contributed by atoms with Gasteiger partial charge in [0.25, 0.3) is 0 Å². The Morgan fingerprint density at radius 2 is 1.67 bits per heavy atom. The van der Waals surface area contributed by atoms with E-state index in [0.29, 0.717) is 12.0 Å². The van der Waals surface area contributed by atoms with E-state index >= 15 is 0 Å². The van der Waals surface area contributed by atoms with E-state index in [-0.39, 0.29) is 48.9 Å². The van der Waals surface area contributed by atoms with Crippen molar-refractivity contribution < 1.29 is 33.1 Å². The highest BCUT2D eigenvalue weighted by atomic mass is 31.2. The number of phosphoric ester groups is 1. The molecule has 1 saturated carbocycles. The lowest BCUT2D eigenvalue weighted by Crippen LogP contribution is -2.31. The van der Waals surface area contributed by atoms with Gasteiger partial charge in [0.05, 0.1) is 6.61 Å². The van der Waals surface area contributed by atoms with Crippen LogP contribution >= 0.6 is 7.82 Å². The molecule has 2 aliphatic rings. The summed E-state index contributed by atoms with van der Waals surface area (Å²) in [6.07, 6.45) is 15.7. The summed E-state index contributed by atoms with van der Waals surface area (Å²) in [6, 6.07) is 3.61. The van der Waals surface area contributed by atoms with Gasteiger partial charge in [0, 0.05) is 11.5 Å². The summed E-state index contributed by atoms with van der Waals surface area (Å²) in [6.45, 7) is 12.7. The van der Waals surface area contributed by atoms with Gasteiger partial charge >= 0.3 is 13.8 Å². The topological polar surface area (TPSA) is 137 Å². The zero-order valence-corrected chi connectivity index (χ0v) is 27.9. The van der Waals surface area contributed by atoms with Gasteiger partial charge in [-0.2, -0.15) is 0 Å². The lowest BCUT2D eigenvalue weighted by Gasteiger charge is -2.32. The number of hydrogen-bond donors (Lipinski definition) is 3. The van der Waals surface area contributed by atoms with Crippen LogP contribution in [0.4, 0.5) is 0 Å². The number of unbranched alkanes of at least 4 members (excludes halogenated alkanes) is 8. The molecule has 0 amide bonds. The van der Waals surface area contributed by atoms with Crippen LogP contribution in [0.2, 0.25) is 0 Å².